The summed E-state index contributed by atoms with van der Waals surface area (Å²) >= 11 is 1.73. The van der Waals surface area contributed by atoms with E-state index in [9.17, 15) is 4.91 Å². The number of thioether (sulfide) groups is 1. The molecule has 0 saturated heterocycles. The van der Waals surface area contributed by atoms with E-state index in [1.807, 2.05) is 18.2 Å². The van der Waals surface area contributed by atoms with Gasteiger partial charge in [0.1, 0.15) is 10.7 Å². The van der Waals surface area contributed by atoms with Crippen LogP contribution >= 0.6 is 11.8 Å². The number of hydrogen-bond acceptors (Lipinski definition) is 4. The van der Waals surface area contributed by atoms with Crippen molar-refractivity contribution in [2.75, 3.05) is 12.3 Å². The van der Waals surface area contributed by atoms with E-state index in [0.29, 0.717) is 5.69 Å². The normalized spacial score (nSPS) is 15.4. The third-order valence-corrected chi connectivity index (χ3v) is 3.56. The third-order valence-electron chi connectivity index (χ3n) is 2.55. The molecule has 1 aromatic carbocycles. The molecule has 2 aromatic rings. The molecule has 0 unspecified atom stereocenters. The van der Waals surface area contributed by atoms with Gasteiger partial charge in [0.15, 0.2) is 0 Å². The smallest absolute Gasteiger partial charge is 0.132 e. The van der Waals surface area contributed by atoms with Gasteiger partial charge in [0.05, 0.1) is 11.2 Å². The lowest BCUT2D eigenvalue weighted by molar-refractivity contribution is 1.17. The molecule has 5 heteroatoms. The zero-order valence-electron chi connectivity index (χ0n) is 8.43. The number of nitrogens with one attached hydrogen (secondary N) is 1. The van der Waals surface area contributed by atoms with Crippen molar-refractivity contribution in [1.82, 2.24) is 4.98 Å². The van der Waals surface area contributed by atoms with Crippen molar-refractivity contribution in [3.63, 3.8) is 0 Å². The van der Waals surface area contributed by atoms with E-state index < -0.39 is 0 Å². The number of benzene rings is 1. The lowest BCUT2D eigenvalue weighted by Gasteiger charge is -1.93. The highest BCUT2D eigenvalue weighted by Crippen LogP contribution is 2.28. The molecule has 1 aromatic heterocycles. The van der Waals surface area contributed by atoms with Gasteiger partial charge in [0.25, 0.3) is 0 Å². The van der Waals surface area contributed by atoms with E-state index in [4.69, 9.17) is 0 Å². The zero-order chi connectivity index (χ0) is 11.0. The predicted molar refractivity (Wildman–Crippen MR) is 67.6 cm³/mol. The van der Waals surface area contributed by atoms with E-state index in [1.165, 1.54) is 0 Å². The summed E-state index contributed by atoms with van der Waals surface area (Å²) in [5.41, 5.74) is 2.23. The predicted octanol–water partition coefficient (Wildman–Crippen LogP) is 3.06. The quantitative estimate of drug-likeness (QED) is 0.807. The fourth-order valence-corrected chi connectivity index (χ4v) is 2.65. The Morgan fingerprint density at radius 1 is 1.44 bits per heavy atom. The van der Waals surface area contributed by atoms with Crippen LogP contribution in [-0.2, 0) is 0 Å². The highest BCUT2D eigenvalue weighted by molar-refractivity contribution is 8.14. The van der Waals surface area contributed by atoms with Gasteiger partial charge in [-0.3, -0.25) is 4.99 Å². The summed E-state index contributed by atoms with van der Waals surface area (Å²) in [6.45, 7) is 0.869. The lowest BCUT2D eigenvalue weighted by atomic mass is 10.2. The Bertz CT molecular complexity index is 588. The van der Waals surface area contributed by atoms with Crippen LogP contribution in [-0.4, -0.2) is 22.3 Å². The van der Waals surface area contributed by atoms with Gasteiger partial charge in [0.2, 0.25) is 0 Å². The average Bonchev–Trinajstić information content (AvgIpc) is 2.96. The van der Waals surface area contributed by atoms with Crippen LogP contribution < -0.4 is 0 Å². The fraction of sp³-hybridized carbons (Fsp3) is 0.182. The largest absolute Gasteiger partial charge is 0.351 e. The summed E-state index contributed by atoms with van der Waals surface area (Å²) in [5.74, 6) is 1.03. The van der Waals surface area contributed by atoms with Gasteiger partial charge in [0, 0.05) is 17.7 Å². The van der Waals surface area contributed by atoms with Crippen LogP contribution in [0.3, 0.4) is 0 Å². The Morgan fingerprint density at radius 2 is 2.38 bits per heavy atom. The average molecular weight is 231 g/mol. The SMILES string of the molecule is O=Nc1cccc2cc(C3=NCCS3)[nH]c12. The molecule has 80 valence electrons. The number of aromatic amines is 1. The third kappa shape index (κ3) is 1.44. The topological polar surface area (TPSA) is 57.6 Å². The summed E-state index contributed by atoms with van der Waals surface area (Å²) in [4.78, 5) is 18.3. The second kappa shape index (κ2) is 3.75. The van der Waals surface area contributed by atoms with Crippen LogP contribution in [0.25, 0.3) is 10.9 Å². The molecule has 0 bridgehead atoms. The molecule has 0 fully saturated rings. The molecule has 4 nitrogen and oxygen atoms in total. The Labute approximate surface area is 96.1 Å². The first-order valence-electron chi connectivity index (χ1n) is 5.01. The molecular weight excluding hydrogens is 222 g/mol. The Morgan fingerprint density at radius 3 is 3.12 bits per heavy atom. The monoisotopic (exact) mass is 231 g/mol. The molecule has 0 saturated carbocycles. The number of nitroso groups, excluding NO2 is 1. The van der Waals surface area contributed by atoms with E-state index >= 15 is 0 Å². The van der Waals surface area contributed by atoms with Crippen molar-refractivity contribution in [2.24, 2.45) is 10.2 Å². The number of rotatable bonds is 2. The molecule has 0 aliphatic carbocycles. The number of aromatic nitrogens is 1. The number of aliphatic imine (C=N–C) groups is 1. The second-order valence-corrected chi connectivity index (χ2v) is 4.63. The van der Waals surface area contributed by atoms with Crippen LogP contribution in [0, 0.1) is 4.91 Å². The van der Waals surface area contributed by atoms with Crippen molar-refractivity contribution in [3.8, 4) is 0 Å². The maximum absolute atomic E-state index is 10.6. The Kier molecular flexibility index (Phi) is 2.25. The minimum atomic E-state index is 0.451. The minimum absolute atomic E-state index is 0.451. The lowest BCUT2D eigenvalue weighted by Crippen LogP contribution is -1.90. The van der Waals surface area contributed by atoms with Crippen molar-refractivity contribution in [3.05, 3.63) is 34.9 Å². The van der Waals surface area contributed by atoms with Gasteiger partial charge >= 0.3 is 0 Å². The first-order valence-corrected chi connectivity index (χ1v) is 6.00. The maximum atomic E-state index is 10.6. The molecule has 2 heterocycles. The van der Waals surface area contributed by atoms with Gasteiger partial charge < -0.3 is 4.98 Å². The summed E-state index contributed by atoms with van der Waals surface area (Å²) < 4.78 is 0. The van der Waals surface area contributed by atoms with Gasteiger partial charge in [-0.2, -0.15) is 0 Å². The zero-order valence-corrected chi connectivity index (χ0v) is 9.25. The summed E-state index contributed by atoms with van der Waals surface area (Å²) in [6.07, 6.45) is 0. The number of para-hydroxylation sites is 1. The first kappa shape index (κ1) is 9.59. The Balaban J connectivity index is 2.18. The molecule has 1 aliphatic heterocycles. The molecule has 1 N–H and O–H groups in total. The number of hydrogen-bond donors (Lipinski definition) is 1. The van der Waals surface area contributed by atoms with Crippen molar-refractivity contribution >= 4 is 33.4 Å². The molecule has 0 radical (unpaired) electrons. The van der Waals surface area contributed by atoms with Crippen LogP contribution in [0.2, 0.25) is 0 Å². The van der Waals surface area contributed by atoms with E-state index in [1.54, 1.807) is 17.8 Å². The summed E-state index contributed by atoms with van der Waals surface area (Å²) in [5, 5.41) is 5.03. The van der Waals surface area contributed by atoms with Gasteiger partial charge in [-0.1, -0.05) is 12.1 Å². The van der Waals surface area contributed by atoms with Crippen molar-refractivity contribution in [2.45, 2.75) is 0 Å². The van der Waals surface area contributed by atoms with Gasteiger partial charge in [-0.25, -0.2) is 0 Å². The maximum Gasteiger partial charge on any atom is 0.132 e. The molecule has 0 amide bonds. The Hall–Kier alpha value is -1.62. The van der Waals surface area contributed by atoms with Crippen LogP contribution in [0.15, 0.2) is 34.4 Å². The second-order valence-electron chi connectivity index (χ2n) is 3.55. The van der Waals surface area contributed by atoms with E-state index in [-0.39, 0.29) is 0 Å². The fourth-order valence-electron chi connectivity index (χ4n) is 1.83. The van der Waals surface area contributed by atoms with Crippen molar-refractivity contribution < 1.29 is 0 Å². The van der Waals surface area contributed by atoms with Crippen molar-refractivity contribution in [1.29, 1.82) is 0 Å². The standard InChI is InChI=1S/C11H9N3OS/c15-14-8-3-1-2-7-6-9(13-10(7)8)11-12-4-5-16-11/h1-3,6,13H,4-5H2. The highest BCUT2D eigenvalue weighted by Gasteiger charge is 2.13. The van der Waals surface area contributed by atoms with Crippen LogP contribution in [0.5, 0.6) is 0 Å². The van der Waals surface area contributed by atoms with Crippen LogP contribution in [0.1, 0.15) is 5.69 Å². The number of nitrogens with zero attached hydrogens (tertiary/aromatic N) is 2. The van der Waals surface area contributed by atoms with E-state index in [2.05, 4.69) is 15.2 Å². The molecule has 0 atom stereocenters. The first-order chi connectivity index (χ1) is 7.88. The van der Waals surface area contributed by atoms with Gasteiger partial charge in [-0.15, -0.1) is 16.7 Å². The molecular formula is C11H9N3OS. The van der Waals surface area contributed by atoms with Gasteiger partial charge in [-0.05, 0) is 17.3 Å². The summed E-state index contributed by atoms with van der Waals surface area (Å²) in [6, 6.07) is 7.52. The molecule has 16 heavy (non-hydrogen) atoms. The highest BCUT2D eigenvalue weighted by atomic mass is 32.2. The minimum Gasteiger partial charge on any atom is -0.351 e. The number of fused-ring (bicyclic) bond motifs is 1. The number of H-pyrrole nitrogens is 1. The van der Waals surface area contributed by atoms with Crippen LogP contribution in [0.4, 0.5) is 5.69 Å². The molecule has 0 spiro atoms. The summed E-state index contributed by atoms with van der Waals surface area (Å²) in [7, 11) is 0. The van der Waals surface area contributed by atoms with E-state index in [0.717, 1.165) is 33.9 Å². The molecule has 3 rings (SSSR count). The molecule has 1 aliphatic rings.